The van der Waals surface area contributed by atoms with Crippen molar-refractivity contribution in [3.05, 3.63) is 100 Å². The Labute approximate surface area is 253 Å². The van der Waals surface area contributed by atoms with Crippen LogP contribution in [0.25, 0.3) is 5.82 Å². The SMILES string of the molecule is Cc1ccc(-n2c(C)cc([C@H]3[C@@H](c4ccccn4)NC(=S)N3c3ccc(N4C[C@H](C)C[C@H](C)C4)c(Cl)c3)c2C)nc1. The Morgan fingerprint density at radius 1 is 0.951 bits per heavy atom. The van der Waals surface area contributed by atoms with Gasteiger partial charge in [0.2, 0.25) is 0 Å². The molecule has 41 heavy (non-hydrogen) atoms. The average Bonchev–Trinajstić information content (AvgIpc) is 3.44. The molecular weight excluding hydrogens is 548 g/mol. The Hall–Kier alpha value is -3.42. The lowest BCUT2D eigenvalue weighted by atomic mass is 9.91. The first kappa shape index (κ1) is 27.7. The molecule has 0 saturated carbocycles. The van der Waals surface area contributed by atoms with Gasteiger partial charge in [0.1, 0.15) is 5.82 Å². The molecule has 1 aromatic carbocycles. The van der Waals surface area contributed by atoms with E-state index in [0.717, 1.165) is 58.0 Å². The summed E-state index contributed by atoms with van der Waals surface area (Å²) in [5.74, 6) is 2.20. The molecule has 0 unspecified atom stereocenters. The van der Waals surface area contributed by atoms with Crippen molar-refractivity contribution in [1.29, 1.82) is 0 Å². The Balaban J connectivity index is 1.44. The van der Waals surface area contributed by atoms with Crippen LogP contribution in [0.5, 0.6) is 0 Å². The molecule has 8 heteroatoms. The summed E-state index contributed by atoms with van der Waals surface area (Å²) in [6.07, 6.45) is 5.01. The quantitative estimate of drug-likeness (QED) is 0.245. The number of anilines is 2. The maximum Gasteiger partial charge on any atom is 0.174 e. The highest BCUT2D eigenvalue weighted by atomic mass is 35.5. The first-order valence-electron chi connectivity index (χ1n) is 14.4. The van der Waals surface area contributed by atoms with E-state index in [9.17, 15) is 0 Å². The number of halogens is 1. The molecule has 2 aliphatic heterocycles. The average molecular weight is 585 g/mol. The van der Waals surface area contributed by atoms with Crippen molar-refractivity contribution in [2.75, 3.05) is 22.9 Å². The molecular formula is C33H37ClN6S. The Bertz CT molecular complexity index is 1560. The maximum atomic E-state index is 7.03. The fourth-order valence-electron chi connectivity index (χ4n) is 6.74. The van der Waals surface area contributed by atoms with E-state index in [2.05, 4.69) is 96.8 Å². The van der Waals surface area contributed by atoms with Gasteiger partial charge < -0.3 is 19.7 Å². The lowest BCUT2D eigenvalue weighted by Gasteiger charge is -2.37. The summed E-state index contributed by atoms with van der Waals surface area (Å²) in [6, 6.07) is 18.6. The normalized spacial score (nSPS) is 22.7. The van der Waals surface area contributed by atoms with E-state index in [0.29, 0.717) is 16.9 Å². The molecule has 3 aromatic heterocycles. The number of pyridine rings is 2. The minimum Gasteiger partial charge on any atom is -0.370 e. The van der Waals surface area contributed by atoms with E-state index in [4.69, 9.17) is 33.8 Å². The van der Waals surface area contributed by atoms with Crippen LogP contribution in [0, 0.1) is 32.6 Å². The fourth-order valence-corrected chi connectivity index (χ4v) is 7.38. The lowest BCUT2D eigenvalue weighted by Crippen LogP contribution is -2.38. The number of hydrogen-bond acceptors (Lipinski definition) is 4. The lowest BCUT2D eigenvalue weighted by molar-refractivity contribution is 0.357. The highest BCUT2D eigenvalue weighted by Crippen LogP contribution is 2.45. The highest BCUT2D eigenvalue weighted by Gasteiger charge is 2.42. The number of nitrogens with zero attached hydrogens (tertiary/aromatic N) is 5. The van der Waals surface area contributed by atoms with Crippen molar-refractivity contribution >= 4 is 40.3 Å². The van der Waals surface area contributed by atoms with Crippen molar-refractivity contribution < 1.29 is 0 Å². The number of aryl methyl sites for hydroxylation is 2. The van der Waals surface area contributed by atoms with E-state index in [-0.39, 0.29) is 12.1 Å². The zero-order valence-electron chi connectivity index (χ0n) is 24.3. The van der Waals surface area contributed by atoms with Gasteiger partial charge >= 0.3 is 0 Å². The Morgan fingerprint density at radius 3 is 2.39 bits per heavy atom. The molecule has 0 radical (unpaired) electrons. The van der Waals surface area contributed by atoms with Gasteiger partial charge in [0.05, 0.1) is 28.5 Å². The zero-order chi connectivity index (χ0) is 28.8. The van der Waals surface area contributed by atoms with Gasteiger partial charge in [0, 0.05) is 42.6 Å². The monoisotopic (exact) mass is 584 g/mol. The minimum absolute atomic E-state index is 0.125. The summed E-state index contributed by atoms with van der Waals surface area (Å²) in [4.78, 5) is 14.1. The van der Waals surface area contributed by atoms with E-state index >= 15 is 0 Å². The summed E-state index contributed by atoms with van der Waals surface area (Å²) in [5, 5.41) is 5.01. The van der Waals surface area contributed by atoms with Crippen LogP contribution in [-0.2, 0) is 0 Å². The summed E-state index contributed by atoms with van der Waals surface area (Å²) in [7, 11) is 0. The molecule has 1 N–H and O–H groups in total. The van der Waals surface area contributed by atoms with E-state index in [1.807, 2.05) is 24.5 Å². The van der Waals surface area contributed by atoms with Crippen LogP contribution in [0.3, 0.4) is 0 Å². The standard InChI is InChI=1S/C33H37ClN6S/c1-20-9-12-30(36-17-20)39-23(4)15-26(24(39)5)32-31(28-8-6-7-13-35-28)37-33(41)40(32)25-10-11-29(27(34)16-25)38-18-21(2)14-22(3)19-38/h6-13,15-17,21-22,31-32H,14,18-19H2,1-5H3,(H,37,41)/t21-,22+,31-,32+/m1/s1. The molecule has 2 saturated heterocycles. The summed E-state index contributed by atoms with van der Waals surface area (Å²) >= 11 is 13.0. The molecule has 2 fully saturated rings. The van der Waals surface area contributed by atoms with Gasteiger partial charge in [-0.1, -0.05) is 37.6 Å². The number of nitrogens with one attached hydrogen (secondary N) is 1. The zero-order valence-corrected chi connectivity index (χ0v) is 25.9. The number of hydrogen-bond donors (Lipinski definition) is 1. The van der Waals surface area contributed by atoms with Gasteiger partial charge in [0.25, 0.3) is 0 Å². The molecule has 4 aromatic rings. The summed E-state index contributed by atoms with van der Waals surface area (Å²) < 4.78 is 2.22. The van der Waals surface area contributed by atoms with Crippen LogP contribution in [0.2, 0.25) is 5.02 Å². The van der Waals surface area contributed by atoms with Gasteiger partial charge in [-0.15, -0.1) is 0 Å². The minimum atomic E-state index is -0.133. The summed E-state index contributed by atoms with van der Waals surface area (Å²) in [6.45, 7) is 13.0. The van der Waals surface area contributed by atoms with Crippen LogP contribution in [0.4, 0.5) is 11.4 Å². The number of benzene rings is 1. The molecule has 0 amide bonds. The van der Waals surface area contributed by atoms with Crippen molar-refractivity contribution in [2.24, 2.45) is 11.8 Å². The van der Waals surface area contributed by atoms with Gasteiger partial charge in [-0.2, -0.15) is 0 Å². The molecule has 0 aliphatic carbocycles. The highest BCUT2D eigenvalue weighted by molar-refractivity contribution is 7.80. The topological polar surface area (TPSA) is 49.2 Å². The van der Waals surface area contributed by atoms with Crippen LogP contribution in [-0.4, -0.2) is 32.7 Å². The largest absolute Gasteiger partial charge is 0.370 e. The second-order valence-electron chi connectivity index (χ2n) is 11.8. The van der Waals surface area contributed by atoms with E-state index < -0.39 is 0 Å². The third-order valence-corrected chi connectivity index (χ3v) is 9.05. The maximum absolute atomic E-state index is 7.03. The van der Waals surface area contributed by atoms with Gasteiger partial charge in [-0.3, -0.25) is 4.98 Å². The Kier molecular flexibility index (Phi) is 7.51. The fraction of sp³-hybridized carbons (Fsp3) is 0.364. The Morgan fingerprint density at radius 2 is 1.73 bits per heavy atom. The number of piperidine rings is 1. The molecule has 5 heterocycles. The molecule has 4 atom stereocenters. The van der Waals surface area contributed by atoms with Gasteiger partial charge in [-0.05, 0) is 105 Å². The molecule has 2 aliphatic rings. The third-order valence-electron chi connectivity index (χ3n) is 8.43. The van der Waals surface area contributed by atoms with Crippen LogP contribution >= 0.6 is 23.8 Å². The first-order valence-corrected chi connectivity index (χ1v) is 15.2. The van der Waals surface area contributed by atoms with Crippen LogP contribution in [0.15, 0.2) is 67.0 Å². The first-order chi connectivity index (χ1) is 19.7. The smallest absolute Gasteiger partial charge is 0.174 e. The summed E-state index contributed by atoms with van der Waals surface area (Å²) in [5.41, 5.74) is 7.56. The molecule has 212 valence electrons. The number of aromatic nitrogens is 3. The predicted molar refractivity (Wildman–Crippen MR) is 172 cm³/mol. The van der Waals surface area contributed by atoms with Crippen molar-refractivity contribution in [3.8, 4) is 5.82 Å². The van der Waals surface area contributed by atoms with Crippen molar-refractivity contribution in [2.45, 2.75) is 53.1 Å². The van der Waals surface area contributed by atoms with Crippen molar-refractivity contribution in [3.63, 3.8) is 0 Å². The van der Waals surface area contributed by atoms with Gasteiger partial charge in [0.15, 0.2) is 5.11 Å². The number of thiocarbonyl (C=S) groups is 1. The third kappa shape index (κ3) is 5.22. The van der Waals surface area contributed by atoms with Gasteiger partial charge in [-0.25, -0.2) is 4.98 Å². The molecule has 6 rings (SSSR count). The number of rotatable bonds is 5. The molecule has 6 nitrogen and oxygen atoms in total. The predicted octanol–water partition coefficient (Wildman–Crippen LogP) is 7.51. The molecule has 0 spiro atoms. The van der Waals surface area contributed by atoms with E-state index in [1.54, 1.807) is 0 Å². The van der Waals surface area contributed by atoms with Crippen molar-refractivity contribution in [1.82, 2.24) is 19.9 Å². The van der Waals surface area contributed by atoms with Crippen LogP contribution < -0.4 is 15.1 Å². The molecule has 0 bridgehead atoms. The second-order valence-corrected chi connectivity index (χ2v) is 12.6. The van der Waals surface area contributed by atoms with Crippen LogP contribution in [0.1, 0.15) is 60.6 Å². The van der Waals surface area contributed by atoms with E-state index in [1.165, 1.54) is 12.0 Å². The second kappa shape index (κ2) is 11.1.